The van der Waals surface area contributed by atoms with Crippen LogP contribution in [0.3, 0.4) is 0 Å². The molecule has 0 radical (unpaired) electrons. The van der Waals surface area contributed by atoms with Gasteiger partial charge in [-0.15, -0.1) is 11.8 Å². The number of pyridine rings is 1. The summed E-state index contributed by atoms with van der Waals surface area (Å²) in [6.45, 7) is -0.0967. The number of rotatable bonds is 5. The second-order valence-corrected chi connectivity index (χ2v) is 6.19. The molecule has 1 heterocycles. The third kappa shape index (κ3) is 3.79. The Balaban J connectivity index is 2.09. The Morgan fingerprint density at radius 1 is 1.21 bits per heavy atom. The predicted octanol–water partition coefficient (Wildman–Crippen LogP) is 2.78. The van der Waals surface area contributed by atoms with Crippen molar-refractivity contribution in [3.8, 4) is 0 Å². The van der Waals surface area contributed by atoms with Crippen LogP contribution in [-0.2, 0) is 5.54 Å². The molecule has 0 bridgehead atoms. The molecule has 1 atom stereocenters. The van der Waals surface area contributed by atoms with Crippen LogP contribution in [0.1, 0.15) is 5.56 Å². The molecule has 1 unspecified atom stereocenters. The van der Waals surface area contributed by atoms with Crippen molar-refractivity contribution in [1.82, 2.24) is 4.98 Å². The lowest BCUT2D eigenvalue weighted by molar-refractivity contribution is 0.213. The van der Waals surface area contributed by atoms with Gasteiger partial charge in [-0.05, 0) is 33.6 Å². The average Bonchev–Trinajstić information content (AvgIpc) is 2.47. The van der Waals surface area contributed by atoms with Gasteiger partial charge in [-0.25, -0.2) is 4.98 Å². The van der Waals surface area contributed by atoms with Gasteiger partial charge in [0.15, 0.2) is 0 Å². The molecule has 1 aromatic heterocycles. The third-order valence-electron chi connectivity index (χ3n) is 2.81. The molecular weight excluding hydrogens is 324 g/mol. The van der Waals surface area contributed by atoms with Gasteiger partial charge in [0, 0.05) is 16.4 Å². The summed E-state index contributed by atoms with van der Waals surface area (Å²) >= 11 is 4.89. The fourth-order valence-electron chi connectivity index (χ4n) is 1.64. The predicted molar refractivity (Wildman–Crippen MR) is 82.1 cm³/mol. The van der Waals surface area contributed by atoms with Crippen molar-refractivity contribution >= 4 is 27.7 Å². The van der Waals surface area contributed by atoms with E-state index in [-0.39, 0.29) is 6.61 Å². The van der Waals surface area contributed by atoms with Crippen molar-refractivity contribution in [2.45, 2.75) is 10.6 Å². The van der Waals surface area contributed by atoms with E-state index in [0.717, 1.165) is 15.1 Å². The van der Waals surface area contributed by atoms with E-state index in [2.05, 4.69) is 20.9 Å². The first-order valence-corrected chi connectivity index (χ1v) is 7.61. The van der Waals surface area contributed by atoms with Crippen LogP contribution in [0.4, 0.5) is 0 Å². The molecule has 19 heavy (non-hydrogen) atoms. The molecule has 100 valence electrons. The quantitative estimate of drug-likeness (QED) is 0.823. The van der Waals surface area contributed by atoms with Crippen LogP contribution in [0.15, 0.2) is 58.2 Å². The van der Waals surface area contributed by atoms with Gasteiger partial charge < -0.3 is 10.8 Å². The molecule has 0 saturated heterocycles. The Morgan fingerprint density at radius 3 is 2.53 bits per heavy atom. The molecule has 0 amide bonds. The monoisotopic (exact) mass is 338 g/mol. The summed E-state index contributed by atoms with van der Waals surface area (Å²) in [5, 5.41) is 10.5. The highest BCUT2D eigenvalue weighted by Gasteiger charge is 2.26. The summed E-state index contributed by atoms with van der Waals surface area (Å²) in [6, 6.07) is 13.5. The average molecular weight is 339 g/mol. The van der Waals surface area contributed by atoms with E-state index >= 15 is 0 Å². The van der Waals surface area contributed by atoms with E-state index < -0.39 is 5.54 Å². The van der Waals surface area contributed by atoms with E-state index in [1.165, 1.54) is 11.8 Å². The van der Waals surface area contributed by atoms with Crippen molar-refractivity contribution in [1.29, 1.82) is 0 Å². The number of hydrogen-bond donors (Lipinski definition) is 2. The highest BCUT2D eigenvalue weighted by molar-refractivity contribution is 9.10. The fraction of sp³-hybridized carbons (Fsp3) is 0.214. The first-order chi connectivity index (χ1) is 9.14. The number of thioether (sulfide) groups is 1. The summed E-state index contributed by atoms with van der Waals surface area (Å²) in [5.41, 5.74) is 6.47. The molecule has 0 aliphatic carbocycles. The maximum atomic E-state index is 9.59. The molecule has 0 aliphatic rings. The minimum atomic E-state index is -0.749. The van der Waals surface area contributed by atoms with Crippen LogP contribution >= 0.6 is 27.7 Å². The second kappa shape index (κ2) is 6.52. The van der Waals surface area contributed by atoms with Crippen LogP contribution in [0, 0.1) is 0 Å². The number of aliphatic hydroxyl groups excluding tert-OH is 1. The van der Waals surface area contributed by atoms with Crippen molar-refractivity contribution in [3.05, 3.63) is 58.7 Å². The van der Waals surface area contributed by atoms with E-state index in [4.69, 9.17) is 5.73 Å². The Hall–Kier alpha value is -0.880. The molecule has 0 aliphatic heterocycles. The maximum Gasteiger partial charge on any atom is 0.0961 e. The minimum absolute atomic E-state index is 0.0967. The topological polar surface area (TPSA) is 59.1 Å². The molecule has 2 aromatic rings. The highest BCUT2D eigenvalue weighted by atomic mass is 79.9. The summed E-state index contributed by atoms with van der Waals surface area (Å²) < 4.78 is 0.945. The van der Waals surface area contributed by atoms with E-state index in [1.807, 2.05) is 42.5 Å². The number of halogens is 1. The van der Waals surface area contributed by atoms with Gasteiger partial charge in [0.1, 0.15) is 0 Å². The van der Waals surface area contributed by atoms with Crippen LogP contribution in [0.2, 0.25) is 0 Å². The van der Waals surface area contributed by atoms with Crippen molar-refractivity contribution < 1.29 is 5.11 Å². The molecule has 1 aromatic carbocycles. The zero-order chi connectivity index (χ0) is 13.7. The fourth-order valence-corrected chi connectivity index (χ4v) is 2.83. The number of hydrogen-bond acceptors (Lipinski definition) is 4. The van der Waals surface area contributed by atoms with E-state index in [9.17, 15) is 5.11 Å². The van der Waals surface area contributed by atoms with Crippen molar-refractivity contribution in [3.63, 3.8) is 0 Å². The molecule has 0 fully saturated rings. The number of nitrogens with zero attached hydrogens (tertiary/aromatic N) is 1. The maximum absolute atomic E-state index is 9.59. The normalized spacial score (nSPS) is 14.1. The van der Waals surface area contributed by atoms with Crippen molar-refractivity contribution in [2.75, 3.05) is 12.4 Å². The zero-order valence-corrected chi connectivity index (χ0v) is 12.7. The standard InChI is InChI=1S/C14H15BrN2OS/c15-12-6-7-13(17-8-12)19-10-14(16,9-18)11-4-2-1-3-5-11/h1-8,18H,9-10,16H2. The molecule has 5 heteroatoms. The van der Waals surface area contributed by atoms with Gasteiger partial charge in [0.25, 0.3) is 0 Å². The summed E-state index contributed by atoms with van der Waals surface area (Å²) in [7, 11) is 0. The zero-order valence-electron chi connectivity index (χ0n) is 10.3. The van der Waals surface area contributed by atoms with E-state index in [1.54, 1.807) is 6.20 Å². The largest absolute Gasteiger partial charge is 0.394 e. The molecule has 3 N–H and O–H groups in total. The van der Waals surface area contributed by atoms with Gasteiger partial charge in [-0.1, -0.05) is 30.3 Å². The van der Waals surface area contributed by atoms with Crippen molar-refractivity contribution in [2.24, 2.45) is 5.73 Å². The van der Waals surface area contributed by atoms with Gasteiger partial charge in [-0.2, -0.15) is 0 Å². The number of aliphatic hydroxyl groups is 1. The Bertz CT molecular complexity index is 521. The number of nitrogens with two attached hydrogens (primary N) is 1. The van der Waals surface area contributed by atoms with Crippen LogP contribution in [0.25, 0.3) is 0 Å². The SMILES string of the molecule is NC(CO)(CSc1ccc(Br)cn1)c1ccccc1. The minimum Gasteiger partial charge on any atom is -0.394 e. The lowest BCUT2D eigenvalue weighted by Crippen LogP contribution is -2.43. The molecule has 2 rings (SSSR count). The Morgan fingerprint density at radius 2 is 1.95 bits per heavy atom. The first kappa shape index (κ1) is 14.5. The number of benzene rings is 1. The smallest absolute Gasteiger partial charge is 0.0961 e. The van der Waals surface area contributed by atoms with E-state index in [0.29, 0.717) is 5.75 Å². The van der Waals surface area contributed by atoms with Gasteiger partial charge in [0.05, 0.1) is 17.2 Å². The molecule has 0 spiro atoms. The summed E-state index contributed by atoms with van der Waals surface area (Å²) in [5.74, 6) is 0.572. The van der Waals surface area contributed by atoms with Crippen LogP contribution in [-0.4, -0.2) is 22.5 Å². The lowest BCUT2D eigenvalue weighted by Gasteiger charge is -2.27. The van der Waals surface area contributed by atoms with Gasteiger partial charge >= 0.3 is 0 Å². The van der Waals surface area contributed by atoms with Gasteiger partial charge in [-0.3, -0.25) is 0 Å². The summed E-state index contributed by atoms with van der Waals surface area (Å²) in [4.78, 5) is 4.29. The second-order valence-electron chi connectivity index (χ2n) is 4.28. The Kier molecular flexibility index (Phi) is 4.99. The first-order valence-electron chi connectivity index (χ1n) is 5.84. The molecular formula is C14H15BrN2OS. The number of aromatic nitrogens is 1. The highest BCUT2D eigenvalue weighted by Crippen LogP contribution is 2.27. The lowest BCUT2D eigenvalue weighted by atomic mass is 9.94. The molecule has 0 saturated carbocycles. The van der Waals surface area contributed by atoms with Crippen LogP contribution in [0.5, 0.6) is 0 Å². The molecule has 3 nitrogen and oxygen atoms in total. The Labute approximate surface area is 125 Å². The van der Waals surface area contributed by atoms with Gasteiger partial charge in [0.2, 0.25) is 0 Å². The van der Waals surface area contributed by atoms with Crippen LogP contribution < -0.4 is 5.73 Å². The summed E-state index contributed by atoms with van der Waals surface area (Å²) in [6.07, 6.45) is 1.75. The third-order valence-corrected chi connectivity index (χ3v) is 4.47.